The van der Waals surface area contributed by atoms with Gasteiger partial charge in [0.1, 0.15) is 5.82 Å². The second-order valence-electron chi connectivity index (χ2n) is 4.23. The van der Waals surface area contributed by atoms with Gasteiger partial charge in [0.05, 0.1) is 12.2 Å². The standard InChI is InChI=1S/C14H15ClFN3/c1-2-6-17-14(10-5-7-18-19-9-10)12-4-3-11(15)8-13(12)16/h3-5,7-9,14,17H,2,6H2,1H3. The molecule has 1 aromatic carbocycles. The van der Waals surface area contributed by atoms with Crippen LogP contribution in [0, 0.1) is 5.82 Å². The molecule has 5 heteroatoms. The topological polar surface area (TPSA) is 37.8 Å². The highest BCUT2D eigenvalue weighted by Gasteiger charge is 2.17. The van der Waals surface area contributed by atoms with E-state index in [1.165, 1.54) is 6.07 Å². The van der Waals surface area contributed by atoms with Gasteiger partial charge in [0, 0.05) is 16.8 Å². The Morgan fingerprint density at radius 2 is 2.16 bits per heavy atom. The largest absolute Gasteiger partial charge is 0.306 e. The van der Waals surface area contributed by atoms with Crippen molar-refractivity contribution < 1.29 is 4.39 Å². The number of halogens is 2. The first kappa shape index (κ1) is 13.9. The smallest absolute Gasteiger partial charge is 0.129 e. The quantitative estimate of drug-likeness (QED) is 0.912. The lowest BCUT2D eigenvalue weighted by atomic mass is 10.00. The molecule has 1 N–H and O–H groups in total. The monoisotopic (exact) mass is 279 g/mol. The molecular weight excluding hydrogens is 265 g/mol. The third-order valence-corrected chi connectivity index (χ3v) is 3.05. The van der Waals surface area contributed by atoms with Crippen molar-refractivity contribution in [3.05, 3.63) is 58.6 Å². The number of hydrogen-bond acceptors (Lipinski definition) is 3. The summed E-state index contributed by atoms with van der Waals surface area (Å²) in [5, 5.41) is 11.3. The molecule has 0 fully saturated rings. The molecule has 1 heterocycles. The summed E-state index contributed by atoms with van der Waals surface area (Å²) in [5.41, 5.74) is 1.44. The van der Waals surface area contributed by atoms with Gasteiger partial charge in [-0.25, -0.2) is 4.39 Å². The van der Waals surface area contributed by atoms with Gasteiger partial charge in [-0.2, -0.15) is 10.2 Å². The average molecular weight is 280 g/mol. The summed E-state index contributed by atoms with van der Waals surface area (Å²) < 4.78 is 14.1. The third kappa shape index (κ3) is 3.49. The zero-order valence-electron chi connectivity index (χ0n) is 10.6. The summed E-state index contributed by atoms with van der Waals surface area (Å²) in [7, 11) is 0. The van der Waals surface area contributed by atoms with Crippen LogP contribution in [0.15, 0.2) is 36.7 Å². The third-order valence-electron chi connectivity index (χ3n) is 2.81. The molecule has 100 valence electrons. The van der Waals surface area contributed by atoms with E-state index in [1.54, 1.807) is 24.5 Å². The molecule has 0 aliphatic rings. The van der Waals surface area contributed by atoms with E-state index in [0.29, 0.717) is 10.6 Å². The fraction of sp³-hybridized carbons (Fsp3) is 0.286. The lowest BCUT2D eigenvalue weighted by molar-refractivity contribution is 0.545. The van der Waals surface area contributed by atoms with Crippen LogP contribution in [0.1, 0.15) is 30.5 Å². The maximum absolute atomic E-state index is 14.1. The number of rotatable bonds is 5. The summed E-state index contributed by atoms with van der Waals surface area (Å²) in [6.07, 6.45) is 4.20. The molecule has 2 rings (SSSR count). The van der Waals surface area contributed by atoms with Crippen LogP contribution in [0.25, 0.3) is 0 Å². The Morgan fingerprint density at radius 1 is 1.32 bits per heavy atom. The predicted molar refractivity (Wildman–Crippen MR) is 73.6 cm³/mol. The van der Waals surface area contributed by atoms with Crippen LogP contribution in [0.3, 0.4) is 0 Å². The van der Waals surface area contributed by atoms with E-state index >= 15 is 0 Å². The van der Waals surface area contributed by atoms with Crippen LogP contribution in [-0.2, 0) is 0 Å². The Balaban J connectivity index is 2.37. The molecule has 0 aliphatic carbocycles. The van der Waals surface area contributed by atoms with Crippen molar-refractivity contribution in [3.8, 4) is 0 Å². The molecule has 0 radical (unpaired) electrons. The summed E-state index contributed by atoms with van der Waals surface area (Å²) >= 11 is 5.79. The molecule has 0 saturated heterocycles. The SMILES string of the molecule is CCCNC(c1ccnnc1)c1ccc(Cl)cc1F. The van der Waals surface area contributed by atoms with E-state index in [9.17, 15) is 4.39 Å². The molecule has 1 aromatic heterocycles. The van der Waals surface area contributed by atoms with Crippen molar-refractivity contribution in [1.29, 1.82) is 0 Å². The highest BCUT2D eigenvalue weighted by atomic mass is 35.5. The van der Waals surface area contributed by atoms with E-state index in [1.807, 2.05) is 6.07 Å². The first-order chi connectivity index (χ1) is 9.22. The van der Waals surface area contributed by atoms with Crippen molar-refractivity contribution in [2.45, 2.75) is 19.4 Å². The Morgan fingerprint density at radius 3 is 2.79 bits per heavy atom. The zero-order valence-corrected chi connectivity index (χ0v) is 11.4. The maximum atomic E-state index is 14.1. The summed E-state index contributed by atoms with van der Waals surface area (Å²) in [5.74, 6) is -0.321. The van der Waals surface area contributed by atoms with Gasteiger partial charge < -0.3 is 5.32 Å². The van der Waals surface area contributed by atoms with E-state index in [0.717, 1.165) is 18.5 Å². The van der Waals surface area contributed by atoms with Gasteiger partial charge >= 0.3 is 0 Å². The fourth-order valence-electron chi connectivity index (χ4n) is 1.90. The maximum Gasteiger partial charge on any atom is 0.129 e. The lowest BCUT2D eigenvalue weighted by Crippen LogP contribution is -2.24. The predicted octanol–water partition coefficient (Wildman–Crippen LogP) is 3.36. The van der Waals surface area contributed by atoms with Crippen LogP contribution in [0.4, 0.5) is 4.39 Å². The summed E-state index contributed by atoms with van der Waals surface area (Å²) in [6, 6.07) is 6.30. The van der Waals surface area contributed by atoms with Gasteiger partial charge in [0.2, 0.25) is 0 Å². The number of hydrogen-bond donors (Lipinski definition) is 1. The molecule has 1 atom stereocenters. The Hall–Kier alpha value is -1.52. The van der Waals surface area contributed by atoms with E-state index in [-0.39, 0.29) is 11.9 Å². The molecule has 2 aromatic rings. The van der Waals surface area contributed by atoms with Crippen molar-refractivity contribution >= 4 is 11.6 Å². The molecule has 0 bridgehead atoms. The van der Waals surface area contributed by atoms with Crippen molar-refractivity contribution in [3.63, 3.8) is 0 Å². The minimum Gasteiger partial charge on any atom is -0.306 e. The summed E-state index contributed by atoms with van der Waals surface area (Å²) in [6.45, 7) is 2.85. The van der Waals surface area contributed by atoms with Gasteiger partial charge in [-0.3, -0.25) is 0 Å². The Kier molecular flexibility index (Phi) is 4.82. The highest BCUT2D eigenvalue weighted by Crippen LogP contribution is 2.25. The fourth-order valence-corrected chi connectivity index (χ4v) is 2.06. The van der Waals surface area contributed by atoms with Crippen LogP contribution in [0.2, 0.25) is 5.02 Å². The minimum absolute atomic E-state index is 0.243. The van der Waals surface area contributed by atoms with E-state index in [4.69, 9.17) is 11.6 Å². The van der Waals surface area contributed by atoms with Gasteiger partial charge in [0.25, 0.3) is 0 Å². The van der Waals surface area contributed by atoms with Crippen LogP contribution in [0.5, 0.6) is 0 Å². The Bertz CT molecular complexity index is 533. The van der Waals surface area contributed by atoms with Gasteiger partial charge in [0.15, 0.2) is 0 Å². The number of benzene rings is 1. The Labute approximate surface area is 116 Å². The van der Waals surface area contributed by atoms with Crippen LogP contribution >= 0.6 is 11.6 Å². The van der Waals surface area contributed by atoms with Gasteiger partial charge in [-0.1, -0.05) is 24.6 Å². The minimum atomic E-state index is -0.321. The molecular formula is C14H15ClFN3. The number of nitrogens with one attached hydrogen (secondary N) is 1. The second-order valence-corrected chi connectivity index (χ2v) is 4.67. The molecule has 0 spiro atoms. The molecule has 19 heavy (non-hydrogen) atoms. The van der Waals surface area contributed by atoms with E-state index < -0.39 is 0 Å². The second kappa shape index (κ2) is 6.59. The number of aromatic nitrogens is 2. The lowest BCUT2D eigenvalue weighted by Gasteiger charge is -2.19. The molecule has 0 aliphatic heterocycles. The zero-order chi connectivity index (χ0) is 13.7. The first-order valence-corrected chi connectivity index (χ1v) is 6.55. The summed E-state index contributed by atoms with van der Waals surface area (Å²) in [4.78, 5) is 0. The molecule has 3 nitrogen and oxygen atoms in total. The average Bonchev–Trinajstić information content (AvgIpc) is 2.42. The molecule has 0 saturated carbocycles. The van der Waals surface area contributed by atoms with Crippen LogP contribution < -0.4 is 5.32 Å². The highest BCUT2D eigenvalue weighted by molar-refractivity contribution is 6.30. The normalized spacial score (nSPS) is 12.4. The van der Waals surface area contributed by atoms with Crippen molar-refractivity contribution in [1.82, 2.24) is 15.5 Å². The van der Waals surface area contributed by atoms with E-state index in [2.05, 4.69) is 22.4 Å². The molecule has 0 amide bonds. The molecule has 1 unspecified atom stereocenters. The van der Waals surface area contributed by atoms with Crippen molar-refractivity contribution in [2.75, 3.05) is 6.54 Å². The van der Waals surface area contributed by atoms with Crippen molar-refractivity contribution in [2.24, 2.45) is 0 Å². The number of nitrogens with zero attached hydrogens (tertiary/aromatic N) is 2. The van der Waals surface area contributed by atoms with Gasteiger partial charge in [-0.15, -0.1) is 0 Å². The van der Waals surface area contributed by atoms with Crippen LogP contribution in [-0.4, -0.2) is 16.7 Å². The van der Waals surface area contributed by atoms with Gasteiger partial charge in [-0.05, 0) is 36.7 Å². The first-order valence-electron chi connectivity index (χ1n) is 6.17.